The molecule has 1 atom stereocenters. The van der Waals surface area contributed by atoms with E-state index in [1.807, 2.05) is 20.0 Å². The van der Waals surface area contributed by atoms with Gasteiger partial charge in [-0.1, -0.05) is 90.1 Å². The minimum absolute atomic E-state index is 0.178. The molecule has 2 nitrogen and oxygen atoms in total. The van der Waals surface area contributed by atoms with Gasteiger partial charge in [0.2, 0.25) is 0 Å². The van der Waals surface area contributed by atoms with Gasteiger partial charge in [-0.15, -0.1) is 0 Å². The molecule has 3 rings (SSSR count). The van der Waals surface area contributed by atoms with Crippen LogP contribution in [-0.4, -0.2) is 6.54 Å². The van der Waals surface area contributed by atoms with Crippen molar-refractivity contribution in [2.45, 2.75) is 72.8 Å². The molecule has 0 bridgehead atoms. The third-order valence-electron chi connectivity index (χ3n) is 5.64. The summed E-state index contributed by atoms with van der Waals surface area (Å²) in [5, 5.41) is 3.70. The van der Waals surface area contributed by atoms with Crippen LogP contribution < -0.4 is 10.2 Å². The van der Waals surface area contributed by atoms with Gasteiger partial charge in [0.25, 0.3) is 0 Å². The van der Waals surface area contributed by atoms with E-state index in [1.54, 1.807) is 0 Å². The number of rotatable bonds is 9. The highest BCUT2D eigenvalue weighted by Gasteiger charge is 2.24. The number of nitrogens with zero attached hydrogens (tertiary/aromatic N) is 1. The van der Waals surface area contributed by atoms with Gasteiger partial charge in [-0.25, -0.2) is 0 Å². The lowest BCUT2D eigenvalue weighted by Crippen LogP contribution is -2.19. The van der Waals surface area contributed by atoms with Gasteiger partial charge in [-0.2, -0.15) is 0 Å². The molecule has 2 aromatic rings. The van der Waals surface area contributed by atoms with E-state index >= 15 is 0 Å². The van der Waals surface area contributed by atoms with Crippen LogP contribution in [0.3, 0.4) is 0 Å². The highest BCUT2D eigenvalue weighted by molar-refractivity contribution is 5.67. The Labute approximate surface area is 184 Å². The molecule has 0 saturated heterocycles. The van der Waals surface area contributed by atoms with Crippen molar-refractivity contribution in [3.05, 3.63) is 89.3 Å². The summed E-state index contributed by atoms with van der Waals surface area (Å²) >= 11 is 0. The summed E-state index contributed by atoms with van der Waals surface area (Å²) in [6, 6.07) is 13.9. The number of fused-ring (bicyclic) bond motifs is 1. The summed E-state index contributed by atoms with van der Waals surface area (Å²) in [6.45, 7) is 15.7. The lowest BCUT2D eigenvalue weighted by Gasteiger charge is -2.24. The maximum absolute atomic E-state index is 4.02. The number of nitrogens with one attached hydrogen (secondary N) is 1. The third-order valence-corrected chi connectivity index (χ3v) is 5.64. The van der Waals surface area contributed by atoms with Gasteiger partial charge in [0.15, 0.2) is 0 Å². The summed E-state index contributed by atoms with van der Waals surface area (Å²) in [5.74, 6) is 0. The van der Waals surface area contributed by atoms with Crippen LogP contribution in [0, 0.1) is 0 Å². The SMILES string of the molecule is C=CN1CCc2cc(C(N/C=C\CC)c3ccccc3CC)cc(CCC)c21.CC. The predicted molar refractivity (Wildman–Crippen MR) is 133 cm³/mol. The summed E-state index contributed by atoms with van der Waals surface area (Å²) in [7, 11) is 0. The molecule has 162 valence electrons. The van der Waals surface area contributed by atoms with E-state index in [-0.39, 0.29) is 6.04 Å². The lowest BCUT2D eigenvalue weighted by atomic mass is 9.89. The van der Waals surface area contributed by atoms with Gasteiger partial charge in [-0.3, -0.25) is 0 Å². The minimum atomic E-state index is 0.178. The summed E-state index contributed by atoms with van der Waals surface area (Å²) in [5.41, 5.74) is 8.47. The van der Waals surface area contributed by atoms with Gasteiger partial charge in [0, 0.05) is 12.2 Å². The molecule has 0 amide bonds. The van der Waals surface area contributed by atoms with Crippen LogP contribution in [0.4, 0.5) is 5.69 Å². The first-order valence-corrected chi connectivity index (χ1v) is 11.8. The van der Waals surface area contributed by atoms with Crippen LogP contribution in [0.15, 0.2) is 61.5 Å². The second-order valence-corrected chi connectivity index (χ2v) is 7.53. The Morgan fingerprint density at radius 2 is 1.87 bits per heavy atom. The molecule has 0 spiro atoms. The van der Waals surface area contributed by atoms with Crippen LogP contribution in [0.1, 0.15) is 81.3 Å². The predicted octanol–water partition coefficient (Wildman–Crippen LogP) is 7.34. The highest BCUT2D eigenvalue weighted by Crippen LogP contribution is 2.37. The van der Waals surface area contributed by atoms with Crippen LogP contribution in [0.25, 0.3) is 0 Å². The molecule has 0 aromatic heterocycles. The number of allylic oxidation sites excluding steroid dienone is 1. The van der Waals surface area contributed by atoms with E-state index in [9.17, 15) is 0 Å². The van der Waals surface area contributed by atoms with Crippen molar-refractivity contribution in [2.75, 3.05) is 11.4 Å². The molecule has 1 unspecified atom stereocenters. The normalized spacial score (nSPS) is 13.6. The Kier molecular flexibility index (Phi) is 9.73. The fourth-order valence-electron chi connectivity index (χ4n) is 4.29. The largest absolute Gasteiger partial charge is 0.380 e. The van der Waals surface area contributed by atoms with E-state index in [2.05, 4.69) is 86.2 Å². The van der Waals surface area contributed by atoms with Crippen molar-refractivity contribution in [1.29, 1.82) is 0 Å². The topological polar surface area (TPSA) is 15.3 Å². The van der Waals surface area contributed by atoms with Crippen molar-refractivity contribution in [1.82, 2.24) is 5.32 Å². The lowest BCUT2D eigenvalue weighted by molar-refractivity contribution is 0.714. The first kappa shape index (κ1) is 23.8. The van der Waals surface area contributed by atoms with Gasteiger partial charge >= 0.3 is 0 Å². The Balaban J connectivity index is 0.00000155. The molecule has 1 aliphatic heterocycles. The molecule has 1 heterocycles. The summed E-state index contributed by atoms with van der Waals surface area (Å²) in [6.07, 6.45) is 11.7. The fourth-order valence-corrected chi connectivity index (χ4v) is 4.29. The van der Waals surface area contributed by atoms with Crippen LogP contribution >= 0.6 is 0 Å². The number of hydrogen-bond acceptors (Lipinski definition) is 2. The molecule has 30 heavy (non-hydrogen) atoms. The Bertz CT molecular complexity index is 835. The van der Waals surface area contributed by atoms with Gasteiger partial charge < -0.3 is 10.2 Å². The Morgan fingerprint density at radius 1 is 1.10 bits per heavy atom. The molecule has 1 N–H and O–H groups in total. The van der Waals surface area contributed by atoms with E-state index in [0.717, 1.165) is 38.6 Å². The van der Waals surface area contributed by atoms with Crippen molar-refractivity contribution >= 4 is 5.69 Å². The standard InChI is InChI=1S/C26H34N2.C2H6/c1-5-9-16-27-25(24-14-11-10-13-20(24)7-3)23-18-21(12-6-2)26-22(19-23)15-17-28(26)8-4;1-2/h8-11,13-14,16,18-19,25,27H,4-7,12,15,17H2,1-3H3;1-2H3/b16-9-;. The average Bonchev–Trinajstić information content (AvgIpc) is 3.22. The third kappa shape index (κ3) is 5.36. The van der Waals surface area contributed by atoms with Gasteiger partial charge in [-0.05, 0) is 65.9 Å². The Morgan fingerprint density at radius 3 is 2.53 bits per heavy atom. The molecule has 2 heteroatoms. The van der Waals surface area contributed by atoms with Crippen LogP contribution in [0.2, 0.25) is 0 Å². The first-order valence-electron chi connectivity index (χ1n) is 11.8. The number of anilines is 1. The molecule has 2 aromatic carbocycles. The van der Waals surface area contributed by atoms with Crippen molar-refractivity contribution < 1.29 is 0 Å². The molecule has 0 saturated carbocycles. The molecule has 0 aliphatic carbocycles. The maximum atomic E-state index is 4.02. The highest BCUT2D eigenvalue weighted by atomic mass is 15.1. The van der Waals surface area contributed by atoms with Gasteiger partial charge in [0.05, 0.1) is 6.04 Å². The molecular formula is C28H40N2. The second-order valence-electron chi connectivity index (χ2n) is 7.53. The minimum Gasteiger partial charge on any atom is -0.380 e. The number of aryl methyl sites for hydroxylation is 2. The van der Waals surface area contributed by atoms with Crippen LogP contribution in [0.5, 0.6) is 0 Å². The fraction of sp³-hybridized carbons (Fsp3) is 0.429. The monoisotopic (exact) mass is 404 g/mol. The van der Waals surface area contributed by atoms with Crippen molar-refractivity contribution in [3.63, 3.8) is 0 Å². The van der Waals surface area contributed by atoms with E-state index in [4.69, 9.17) is 0 Å². The van der Waals surface area contributed by atoms with Crippen molar-refractivity contribution in [3.8, 4) is 0 Å². The second kappa shape index (κ2) is 12.3. The molecule has 0 fully saturated rings. The van der Waals surface area contributed by atoms with E-state index in [0.29, 0.717) is 0 Å². The summed E-state index contributed by atoms with van der Waals surface area (Å²) < 4.78 is 0. The van der Waals surface area contributed by atoms with Gasteiger partial charge in [0.1, 0.15) is 0 Å². The zero-order valence-electron chi connectivity index (χ0n) is 19.7. The zero-order chi connectivity index (χ0) is 21.9. The first-order chi connectivity index (χ1) is 14.7. The number of hydrogen-bond donors (Lipinski definition) is 1. The van der Waals surface area contributed by atoms with Crippen molar-refractivity contribution in [2.24, 2.45) is 0 Å². The van der Waals surface area contributed by atoms with E-state index < -0.39 is 0 Å². The Hall–Kier alpha value is -2.48. The zero-order valence-corrected chi connectivity index (χ0v) is 19.7. The quantitative estimate of drug-likeness (QED) is 0.470. The molecule has 1 aliphatic rings. The smallest absolute Gasteiger partial charge is 0.0765 e. The summed E-state index contributed by atoms with van der Waals surface area (Å²) in [4.78, 5) is 2.32. The molecule has 0 radical (unpaired) electrons. The molecular weight excluding hydrogens is 364 g/mol. The van der Waals surface area contributed by atoms with E-state index in [1.165, 1.54) is 33.5 Å². The number of benzene rings is 2. The average molecular weight is 405 g/mol. The van der Waals surface area contributed by atoms with Crippen LogP contribution in [-0.2, 0) is 19.3 Å². The maximum Gasteiger partial charge on any atom is 0.0765 e.